The Balaban J connectivity index is 1.27. The molecular formula is C25H32N4O2. The summed E-state index contributed by atoms with van der Waals surface area (Å²) in [7, 11) is 0. The van der Waals surface area contributed by atoms with Crippen molar-refractivity contribution in [3.63, 3.8) is 0 Å². The molecule has 3 amide bonds. The first-order valence-electron chi connectivity index (χ1n) is 11.3. The quantitative estimate of drug-likeness (QED) is 0.823. The highest BCUT2D eigenvalue weighted by molar-refractivity contribution is 5.90. The van der Waals surface area contributed by atoms with Crippen molar-refractivity contribution in [1.82, 2.24) is 14.7 Å². The first kappa shape index (κ1) is 21.4. The Morgan fingerprint density at radius 3 is 2.35 bits per heavy atom. The fourth-order valence-corrected chi connectivity index (χ4v) is 4.50. The van der Waals surface area contributed by atoms with Gasteiger partial charge in [0.05, 0.1) is 5.92 Å². The molecule has 1 unspecified atom stereocenters. The first-order chi connectivity index (χ1) is 15.1. The largest absolute Gasteiger partial charge is 0.340 e. The van der Waals surface area contributed by atoms with Crippen molar-refractivity contribution in [2.24, 2.45) is 5.92 Å². The van der Waals surface area contributed by atoms with Crippen molar-refractivity contribution >= 4 is 17.6 Å². The van der Waals surface area contributed by atoms with Crippen LogP contribution in [0.4, 0.5) is 10.5 Å². The van der Waals surface area contributed by atoms with Crippen LogP contribution < -0.4 is 5.32 Å². The third-order valence-electron chi connectivity index (χ3n) is 6.42. The highest BCUT2D eigenvalue weighted by atomic mass is 16.2. The molecule has 2 aromatic rings. The number of benzene rings is 2. The average Bonchev–Trinajstić information content (AvgIpc) is 2.81. The number of nitrogens with one attached hydrogen (secondary N) is 1. The summed E-state index contributed by atoms with van der Waals surface area (Å²) < 4.78 is 0. The Kier molecular flexibility index (Phi) is 6.87. The van der Waals surface area contributed by atoms with Gasteiger partial charge in [-0.2, -0.15) is 0 Å². The van der Waals surface area contributed by atoms with E-state index < -0.39 is 0 Å². The molecule has 2 heterocycles. The van der Waals surface area contributed by atoms with Gasteiger partial charge in [0.15, 0.2) is 0 Å². The van der Waals surface area contributed by atoms with Crippen LogP contribution in [0.2, 0.25) is 0 Å². The van der Waals surface area contributed by atoms with Gasteiger partial charge in [0, 0.05) is 51.5 Å². The van der Waals surface area contributed by atoms with Crippen molar-refractivity contribution in [1.29, 1.82) is 0 Å². The number of urea groups is 1. The lowest BCUT2D eigenvalue weighted by Gasteiger charge is -2.39. The highest BCUT2D eigenvalue weighted by Crippen LogP contribution is 2.21. The number of piperazine rings is 1. The molecule has 1 atom stereocenters. The summed E-state index contributed by atoms with van der Waals surface area (Å²) in [5.41, 5.74) is 3.46. The predicted molar refractivity (Wildman–Crippen MR) is 123 cm³/mol. The predicted octanol–water partition coefficient (Wildman–Crippen LogP) is 3.58. The first-order valence-corrected chi connectivity index (χ1v) is 11.3. The van der Waals surface area contributed by atoms with Gasteiger partial charge in [0.2, 0.25) is 5.91 Å². The highest BCUT2D eigenvalue weighted by Gasteiger charge is 2.32. The van der Waals surface area contributed by atoms with Gasteiger partial charge < -0.3 is 15.1 Å². The van der Waals surface area contributed by atoms with E-state index in [2.05, 4.69) is 41.4 Å². The maximum atomic E-state index is 13.1. The topological polar surface area (TPSA) is 55.9 Å². The minimum atomic E-state index is -0.119. The maximum Gasteiger partial charge on any atom is 0.321 e. The number of hydrogen-bond acceptors (Lipinski definition) is 3. The van der Waals surface area contributed by atoms with Crippen LogP contribution in [0.1, 0.15) is 24.0 Å². The van der Waals surface area contributed by atoms with Crippen LogP contribution in [-0.4, -0.2) is 65.9 Å². The second kappa shape index (κ2) is 9.96. The van der Waals surface area contributed by atoms with Crippen LogP contribution in [0.25, 0.3) is 0 Å². The summed E-state index contributed by atoms with van der Waals surface area (Å²) in [6.45, 7) is 7.60. The molecule has 0 radical (unpaired) electrons. The third-order valence-corrected chi connectivity index (χ3v) is 6.42. The van der Waals surface area contributed by atoms with Crippen molar-refractivity contribution in [2.75, 3.05) is 44.6 Å². The molecular weight excluding hydrogens is 388 g/mol. The van der Waals surface area contributed by atoms with E-state index in [-0.39, 0.29) is 17.9 Å². The number of piperidine rings is 1. The zero-order chi connectivity index (χ0) is 21.6. The molecule has 31 heavy (non-hydrogen) atoms. The number of anilines is 1. The fraction of sp³-hybridized carbons (Fsp3) is 0.440. The lowest BCUT2D eigenvalue weighted by Crippen LogP contribution is -2.53. The molecule has 6 heteroatoms. The molecule has 2 saturated heterocycles. The van der Waals surface area contributed by atoms with Crippen LogP contribution in [0.15, 0.2) is 54.6 Å². The second-order valence-corrected chi connectivity index (χ2v) is 8.61. The summed E-state index contributed by atoms with van der Waals surface area (Å²) in [5.74, 6) is 0.103. The molecule has 2 fully saturated rings. The normalized spacial score (nSPS) is 19.8. The third kappa shape index (κ3) is 5.44. The van der Waals surface area contributed by atoms with E-state index in [0.29, 0.717) is 13.1 Å². The Labute approximate surface area is 184 Å². The van der Waals surface area contributed by atoms with Gasteiger partial charge in [0.1, 0.15) is 0 Å². The molecule has 0 aromatic heterocycles. The van der Waals surface area contributed by atoms with Crippen molar-refractivity contribution in [2.45, 2.75) is 26.3 Å². The molecule has 0 aliphatic carbocycles. The Hall–Kier alpha value is -2.86. The van der Waals surface area contributed by atoms with Crippen LogP contribution in [-0.2, 0) is 11.3 Å². The van der Waals surface area contributed by atoms with Gasteiger partial charge in [-0.05, 0) is 43.0 Å². The second-order valence-electron chi connectivity index (χ2n) is 8.61. The van der Waals surface area contributed by atoms with Crippen LogP contribution in [0.3, 0.4) is 0 Å². The van der Waals surface area contributed by atoms with E-state index in [1.165, 1.54) is 11.1 Å². The van der Waals surface area contributed by atoms with Gasteiger partial charge in [0.25, 0.3) is 0 Å². The van der Waals surface area contributed by atoms with Crippen molar-refractivity contribution < 1.29 is 9.59 Å². The number of para-hydroxylation sites is 1. The Morgan fingerprint density at radius 1 is 0.903 bits per heavy atom. The maximum absolute atomic E-state index is 13.1. The number of carbonyl (C=O) groups is 2. The minimum Gasteiger partial charge on any atom is -0.340 e. The van der Waals surface area contributed by atoms with Crippen LogP contribution >= 0.6 is 0 Å². The monoisotopic (exact) mass is 420 g/mol. The molecule has 0 saturated carbocycles. The average molecular weight is 421 g/mol. The summed E-state index contributed by atoms with van der Waals surface area (Å²) in [5, 5.41) is 2.94. The van der Waals surface area contributed by atoms with Crippen LogP contribution in [0.5, 0.6) is 0 Å². The van der Waals surface area contributed by atoms with E-state index in [1.807, 2.05) is 35.2 Å². The molecule has 1 N–H and O–H groups in total. The Morgan fingerprint density at radius 2 is 1.61 bits per heavy atom. The minimum absolute atomic E-state index is 0.0989. The SMILES string of the molecule is Cc1ccccc1CN1CCN(C(=O)C2CCCN(C(=O)Nc3ccccc3)C2)CC1. The number of amides is 3. The van der Waals surface area contributed by atoms with Crippen molar-refractivity contribution in [3.05, 3.63) is 65.7 Å². The summed E-state index contributed by atoms with van der Waals surface area (Å²) in [6.07, 6.45) is 1.73. The molecule has 2 aromatic carbocycles. The Bertz CT molecular complexity index is 893. The number of aryl methyl sites for hydroxylation is 1. The van der Waals surface area contributed by atoms with Crippen LogP contribution in [0, 0.1) is 12.8 Å². The number of carbonyl (C=O) groups excluding carboxylic acids is 2. The van der Waals surface area contributed by atoms with E-state index in [4.69, 9.17) is 0 Å². The lowest BCUT2D eigenvalue weighted by atomic mass is 9.96. The lowest BCUT2D eigenvalue weighted by molar-refractivity contribution is -0.138. The molecule has 2 aliphatic rings. The molecule has 0 bridgehead atoms. The van der Waals surface area contributed by atoms with Gasteiger partial charge in [-0.3, -0.25) is 9.69 Å². The number of nitrogens with zero attached hydrogens (tertiary/aromatic N) is 3. The van der Waals surface area contributed by atoms with E-state index >= 15 is 0 Å². The zero-order valence-corrected chi connectivity index (χ0v) is 18.3. The fourth-order valence-electron chi connectivity index (χ4n) is 4.50. The standard InChI is InChI=1S/C25H32N4O2/c1-20-8-5-6-9-21(20)18-27-14-16-28(17-15-27)24(30)22-10-7-13-29(19-22)25(31)26-23-11-3-2-4-12-23/h2-6,8-9,11-12,22H,7,10,13-19H2,1H3,(H,26,31). The summed E-state index contributed by atoms with van der Waals surface area (Å²) in [6, 6.07) is 17.9. The number of likely N-dealkylation sites (tertiary alicyclic amines) is 1. The number of rotatable bonds is 4. The van der Waals surface area contributed by atoms with Crippen molar-refractivity contribution in [3.8, 4) is 0 Å². The van der Waals surface area contributed by atoms with E-state index in [0.717, 1.165) is 51.3 Å². The van der Waals surface area contributed by atoms with Gasteiger partial charge in [-0.15, -0.1) is 0 Å². The molecule has 164 valence electrons. The molecule has 0 spiro atoms. The molecule has 4 rings (SSSR count). The van der Waals surface area contributed by atoms with Gasteiger partial charge >= 0.3 is 6.03 Å². The van der Waals surface area contributed by atoms with Gasteiger partial charge in [-0.1, -0.05) is 42.5 Å². The molecule has 2 aliphatic heterocycles. The van der Waals surface area contributed by atoms with E-state index in [9.17, 15) is 9.59 Å². The summed E-state index contributed by atoms with van der Waals surface area (Å²) in [4.78, 5) is 32.0. The number of hydrogen-bond donors (Lipinski definition) is 1. The zero-order valence-electron chi connectivity index (χ0n) is 18.3. The van der Waals surface area contributed by atoms with E-state index in [1.54, 1.807) is 4.90 Å². The summed E-state index contributed by atoms with van der Waals surface area (Å²) >= 11 is 0. The molecule has 6 nitrogen and oxygen atoms in total. The smallest absolute Gasteiger partial charge is 0.321 e. The van der Waals surface area contributed by atoms with Gasteiger partial charge in [-0.25, -0.2) is 4.79 Å².